The molecule has 0 radical (unpaired) electrons. The van der Waals surface area contributed by atoms with E-state index in [4.69, 9.17) is 4.74 Å². The van der Waals surface area contributed by atoms with E-state index in [1.807, 2.05) is 7.05 Å². The second kappa shape index (κ2) is 5.93. The van der Waals surface area contributed by atoms with Crippen LogP contribution in [0.2, 0.25) is 0 Å². The van der Waals surface area contributed by atoms with Crippen molar-refractivity contribution in [2.24, 2.45) is 5.92 Å². The molecule has 1 aromatic rings. The maximum atomic E-state index is 5.47. The molecule has 0 unspecified atom stereocenters. The normalized spacial score (nSPS) is 19.7. The third-order valence-corrected chi connectivity index (χ3v) is 4.36. The standard InChI is InChI=1S/C16H24N2O/c1-17-11-15-4-2-3-14-5-8-18(16(14)15)12-13-6-9-19-10-7-13/h2-4,13,17H,5-12H2,1H3. The molecule has 0 atom stereocenters. The second-order valence-electron chi connectivity index (χ2n) is 5.71. The van der Waals surface area contributed by atoms with Gasteiger partial charge in [-0.3, -0.25) is 0 Å². The van der Waals surface area contributed by atoms with Gasteiger partial charge < -0.3 is 15.0 Å². The molecule has 3 heteroatoms. The molecule has 0 amide bonds. The predicted molar refractivity (Wildman–Crippen MR) is 78.7 cm³/mol. The molecule has 0 aliphatic carbocycles. The Morgan fingerprint density at radius 3 is 2.95 bits per heavy atom. The van der Waals surface area contributed by atoms with Crippen molar-refractivity contribution in [1.82, 2.24) is 5.32 Å². The first-order valence-corrected chi connectivity index (χ1v) is 7.46. The monoisotopic (exact) mass is 260 g/mol. The molecule has 0 saturated carbocycles. The molecular formula is C16H24N2O. The lowest BCUT2D eigenvalue weighted by Crippen LogP contribution is -2.32. The Bertz CT molecular complexity index is 427. The molecule has 1 saturated heterocycles. The van der Waals surface area contributed by atoms with Gasteiger partial charge in [-0.15, -0.1) is 0 Å². The zero-order valence-corrected chi connectivity index (χ0v) is 11.8. The van der Waals surface area contributed by atoms with Crippen LogP contribution in [0.15, 0.2) is 18.2 Å². The number of benzene rings is 1. The Morgan fingerprint density at radius 2 is 2.16 bits per heavy atom. The number of fused-ring (bicyclic) bond motifs is 1. The van der Waals surface area contributed by atoms with Gasteiger partial charge in [0.2, 0.25) is 0 Å². The Kier molecular flexibility index (Phi) is 4.04. The molecule has 2 heterocycles. The highest BCUT2D eigenvalue weighted by Crippen LogP contribution is 2.33. The van der Waals surface area contributed by atoms with Crippen LogP contribution >= 0.6 is 0 Å². The minimum atomic E-state index is 0.808. The molecule has 0 bridgehead atoms. The Labute approximate surface area is 115 Å². The molecule has 1 aromatic carbocycles. The lowest BCUT2D eigenvalue weighted by atomic mass is 9.99. The van der Waals surface area contributed by atoms with E-state index in [0.29, 0.717) is 0 Å². The molecule has 0 aromatic heterocycles. The summed E-state index contributed by atoms with van der Waals surface area (Å²) in [5.41, 5.74) is 4.48. The number of nitrogens with one attached hydrogen (secondary N) is 1. The molecule has 0 spiro atoms. The Hall–Kier alpha value is -1.06. The first-order chi connectivity index (χ1) is 9.38. The minimum Gasteiger partial charge on any atom is -0.381 e. The van der Waals surface area contributed by atoms with Crippen molar-refractivity contribution in [3.63, 3.8) is 0 Å². The lowest BCUT2D eigenvalue weighted by Gasteiger charge is -2.29. The number of anilines is 1. The van der Waals surface area contributed by atoms with Gasteiger partial charge >= 0.3 is 0 Å². The van der Waals surface area contributed by atoms with Crippen molar-refractivity contribution < 1.29 is 4.74 Å². The zero-order chi connectivity index (χ0) is 13.1. The number of ether oxygens (including phenoxy) is 1. The average Bonchev–Trinajstić information content (AvgIpc) is 2.85. The third kappa shape index (κ3) is 2.77. The summed E-state index contributed by atoms with van der Waals surface area (Å²) in [6, 6.07) is 6.75. The maximum Gasteiger partial charge on any atom is 0.0469 e. The van der Waals surface area contributed by atoms with Crippen molar-refractivity contribution in [3.8, 4) is 0 Å². The number of hydrogen-bond acceptors (Lipinski definition) is 3. The van der Waals surface area contributed by atoms with Crippen LogP contribution in [0.1, 0.15) is 24.0 Å². The fourth-order valence-corrected chi connectivity index (χ4v) is 3.38. The highest BCUT2D eigenvalue weighted by molar-refractivity contribution is 5.63. The van der Waals surface area contributed by atoms with Crippen LogP contribution in [-0.2, 0) is 17.7 Å². The third-order valence-electron chi connectivity index (χ3n) is 4.36. The van der Waals surface area contributed by atoms with E-state index in [0.717, 1.165) is 25.7 Å². The van der Waals surface area contributed by atoms with E-state index in [-0.39, 0.29) is 0 Å². The van der Waals surface area contributed by atoms with Gasteiger partial charge in [-0.25, -0.2) is 0 Å². The van der Waals surface area contributed by atoms with Crippen molar-refractivity contribution in [2.45, 2.75) is 25.8 Å². The summed E-state index contributed by atoms with van der Waals surface area (Å²) in [6.45, 7) is 5.25. The van der Waals surface area contributed by atoms with Crippen molar-refractivity contribution in [3.05, 3.63) is 29.3 Å². The number of nitrogens with zero attached hydrogens (tertiary/aromatic N) is 1. The number of rotatable bonds is 4. The summed E-state index contributed by atoms with van der Waals surface area (Å²) in [5, 5.41) is 3.29. The highest BCUT2D eigenvalue weighted by Gasteiger charge is 2.25. The molecule has 1 fully saturated rings. The molecule has 3 rings (SSSR count). The topological polar surface area (TPSA) is 24.5 Å². The number of para-hydroxylation sites is 1. The second-order valence-corrected chi connectivity index (χ2v) is 5.71. The van der Waals surface area contributed by atoms with Crippen LogP contribution in [-0.4, -0.2) is 33.4 Å². The molecule has 2 aliphatic heterocycles. The summed E-state index contributed by atoms with van der Waals surface area (Å²) < 4.78 is 5.47. The first kappa shape index (κ1) is 12.9. The summed E-state index contributed by atoms with van der Waals surface area (Å²) >= 11 is 0. The maximum absolute atomic E-state index is 5.47. The van der Waals surface area contributed by atoms with Crippen molar-refractivity contribution in [1.29, 1.82) is 0 Å². The largest absolute Gasteiger partial charge is 0.381 e. The summed E-state index contributed by atoms with van der Waals surface area (Å²) in [5.74, 6) is 0.808. The van der Waals surface area contributed by atoms with E-state index in [1.165, 1.54) is 49.2 Å². The molecule has 19 heavy (non-hydrogen) atoms. The van der Waals surface area contributed by atoms with Gasteiger partial charge in [-0.1, -0.05) is 18.2 Å². The summed E-state index contributed by atoms with van der Waals surface area (Å²) in [6.07, 6.45) is 3.65. The summed E-state index contributed by atoms with van der Waals surface area (Å²) in [7, 11) is 2.02. The van der Waals surface area contributed by atoms with E-state index in [1.54, 1.807) is 0 Å². The predicted octanol–water partition coefficient (Wildman–Crippen LogP) is 2.20. The van der Waals surface area contributed by atoms with E-state index in [2.05, 4.69) is 28.4 Å². The van der Waals surface area contributed by atoms with Gasteiger partial charge in [0.25, 0.3) is 0 Å². The average molecular weight is 260 g/mol. The van der Waals surface area contributed by atoms with Crippen LogP contribution in [0.25, 0.3) is 0 Å². The Morgan fingerprint density at radius 1 is 1.32 bits per heavy atom. The zero-order valence-electron chi connectivity index (χ0n) is 11.8. The van der Waals surface area contributed by atoms with Crippen LogP contribution in [0, 0.1) is 5.92 Å². The van der Waals surface area contributed by atoms with Crippen LogP contribution in [0.5, 0.6) is 0 Å². The first-order valence-electron chi connectivity index (χ1n) is 7.46. The smallest absolute Gasteiger partial charge is 0.0469 e. The molecule has 1 N–H and O–H groups in total. The number of hydrogen-bond donors (Lipinski definition) is 1. The van der Waals surface area contributed by atoms with Gasteiger partial charge in [0, 0.05) is 38.5 Å². The fraction of sp³-hybridized carbons (Fsp3) is 0.625. The van der Waals surface area contributed by atoms with Crippen LogP contribution in [0.3, 0.4) is 0 Å². The van der Waals surface area contributed by atoms with Crippen molar-refractivity contribution >= 4 is 5.69 Å². The minimum absolute atomic E-state index is 0.808. The van der Waals surface area contributed by atoms with Gasteiger partial charge in [0.1, 0.15) is 0 Å². The van der Waals surface area contributed by atoms with Gasteiger partial charge in [-0.05, 0) is 43.4 Å². The molecular weight excluding hydrogens is 236 g/mol. The molecule has 3 nitrogen and oxygen atoms in total. The van der Waals surface area contributed by atoms with Crippen LogP contribution < -0.4 is 10.2 Å². The van der Waals surface area contributed by atoms with E-state index in [9.17, 15) is 0 Å². The Balaban J connectivity index is 1.76. The molecule has 104 valence electrons. The van der Waals surface area contributed by atoms with Crippen molar-refractivity contribution in [2.75, 3.05) is 38.3 Å². The summed E-state index contributed by atoms with van der Waals surface area (Å²) in [4.78, 5) is 2.61. The van der Waals surface area contributed by atoms with Crippen LogP contribution in [0.4, 0.5) is 5.69 Å². The lowest BCUT2D eigenvalue weighted by molar-refractivity contribution is 0.0683. The van der Waals surface area contributed by atoms with Gasteiger partial charge in [0.05, 0.1) is 0 Å². The van der Waals surface area contributed by atoms with E-state index < -0.39 is 0 Å². The van der Waals surface area contributed by atoms with E-state index >= 15 is 0 Å². The fourth-order valence-electron chi connectivity index (χ4n) is 3.38. The SMILES string of the molecule is CNCc1cccc2c1N(CC1CCOCC1)CC2. The highest BCUT2D eigenvalue weighted by atomic mass is 16.5. The van der Waals surface area contributed by atoms with Gasteiger partial charge in [-0.2, -0.15) is 0 Å². The quantitative estimate of drug-likeness (QED) is 0.898. The molecule has 2 aliphatic rings. The van der Waals surface area contributed by atoms with Gasteiger partial charge in [0.15, 0.2) is 0 Å².